The minimum Gasteiger partial charge on any atom is -0.744 e. The molecule has 8 aliphatic carbocycles. The molecule has 2 N–H and O–H groups in total. The van der Waals surface area contributed by atoms with Crippen molar-refractivity contribution in [3.63, 3.8) is 0 Å². The van der Waals surface area contributed by atoms with Crippen molar-refractivity contribution in [1.82, 2.24) is 0 Å². The average molecular weight is 1060 g/mol. The molecule has 8 saturated carbocycles. The summed E-state index contributed by atoms with van der Waals surface area (Å²) in [5.74, 6) is 4.11. The molecule has 0 radical (unpaired) electrons. The predicted molar refractivity (Wildman–Crippen MR) is 260 cm³/mol. The topological polar surface area (TPSA) is 201 Å². The summed E-state index contributed by atoms with van der Waals surface area (Å²) < 4.78 is 103. The van der Waals surface area contributed by atoms with E-state index < -0.39 is 35.5 Å². The molecule has 73 heavy (non-hydrogen) atoms. The molecule has 14 rings (SSSR count). The summed E-state index contributed by atoms with van der Waals surface area (Å²) in [6, 6.07) is 41.9. The first kappa shape index (κ1) is 53.8. The number of rotatable bonds is 11. The summed E-state index contributed by atoms with van der Waals surface area (Å²) in [7, 11) is -12.6. The predicted octanol–water partition coefficient (Wildman–Crippen LogP) is 4.80. The van der Waals surface area contributed by atoms with Gasteiger partial charge in [-0.05, 0) is 216 Å². The molecule has 0 amide bonds. The number of phenols is 2. The molecule has 6 aromatic carbocycles. The van der Waals surface area contributed by atoms with Crippen LogP contribution in [0.2, 0.25) is 0 Å². The molecule has 368 valence electrons. The Hall–Kier alpha value is -4.00. The Bertz CT molecular complexity index is 3340. The van der Waals surface area contributed by atoms with Gasteiger partial charge in [-0.1, -0.05) is 48.5 Å². The van der Waals surface area contributed by atoms with Crippen molar-refractivity contribution in [1.29, 1.82) is 0 Å². The van der Waals surface area contributed by atoms with E-state index in [0.717, 1.165) is 44.6 Å². The number of hydrogen-bond acceptors (Lipinski definition) is 12. The van der Waals surface area contributed by atoms with Crippen LogP contribution in [0.1, 0.15) is 99.3 Å². The number of aromatic hydroxyl groups is 2. The van der Waals surface area contributed by atoms with Gasteiger partial charge in [-0.25, -0.2) is 16.8 Å². The maximum Gasteiger partial charge on any atom is 1.00 e. The fourth-order valence-corrected chi connectivity index (χ4v) is 17.2. The van der Waals surface area contributed by atoms with E-state index in [9.17, 15) is 31.6 Å². The summed E-state index contributed by atoms with van der Waals surface area (Å²) in [5.41, 5.74) is 5.38. The number of ether oxygens (including phenoxy) is 2. The van der Waals surface area contributed by atoms with Gasteiger partial charge in [0.15, 0.2) is 9.84 Å². The molecule has 8 bridgehead atoms. The first-order valence-corrected chi connectivity index (χ1v) is 28.0. The molecule has 0 aromatic heterocycles. The zero-order valence-electron chi connectivity index (χ0n) is 40.7. The van der Waals surface area contributed by atoms with Crippen LogP contribution in [0.5, 0.6) is 34.5 Å². The van der Waals surface area contributed by atoms with Crippen molar-refractivity contribution in [2.45, 2.75) is 113 Å². The Morgan fingerprint density at radius 1 is 0.507 bits per heavy atom. The summed E-state index contributed by atoms with van der Waals surface area (Å²) >= 11 is 0. The molecule has 0 saturated heterocycles. The summed E-state index contributed by atoms with van der Waals surface area (Å²) in [6.45, 7) is 0. The second kappa shape index (κ2) is 20.2. The molecule has 8 aliphatic rings. The van der Waals surface area contributed by atoms with E-state index in [2.05, 4.69) is 42.5 Å². The van der Waals surface area contributed by atoms with Crippen molar-refractivity contribution in [3.8, 4) is 34.5 Å². The van der Waals surface area contributed by atoms with Crippen LogP contribution in [-0.2, 0) is 52.2 Å². The van der Waals surface area contributed by atoms with E-state index in [-0.39, 0.29) is 102 Å². The van der Waals surface area contributed by atoms with Crippen molar-refractivity contribution < 1.29 is 113 Å². The van der Waals surface area contributed by atoms with Gasteiger partial charge in [-0.15, -0.1) is 24.8 Å². The second-order valence-corrected chi connectivity index (χ2v) is 25.3. The Balaban J connectivity index is 0.00000106. The minimum absolute atomic E-state index is 0. The molecular weight excluding hydrogens is 1010 g/mol. The average Bonchev–Trinajstić information content (AvgIpc) is 3.31. The Morgan fingerprint density at radius 3 is 1.22 bits per heavy atom. The molecule has 8 fully saturated rings. The van der Waals surface area contributed by atoms with Gasteiger partial charge in [0.2, 0.25) is 0 Å². The maximum atomic E-state index is 13.9. The van der Waals surface area contributed by atoms with Crippen molar-refractivity contribution in [2.75, 3.05) is 0 Å². The van der Waals surface area contributed by atoms with Crippen LogP contribution in [-0.4, -0.2) is 44.2 Å². The van der Waals surface area contributed by atoms with Crippen LogP contribution in [0.25, 0.3) is 0 Å². The fourth-order valence-electron chi connectivity index (χ4n) is 15.2. The maximum absolute atomic E-state index is 13.9. The summed E-state index contributed by atoms with van der Waals surface area (Å²) in [5, 5.41) is 20.0. The Morgan fingerprint density at radius 2 is 0.863 bits per heavy atom. The van der Waals surface area contributed by atoms with E-state index in [4.69, 9.17) is 22.1 Å². The summed E-state index contributed by atoms with van der Waals surface area (Å²) in [4.78, 5) is -1.29. The molecular formula is C56H52Na2O12S3. The van der Waals surface area contributed by atoms with Gasteiger partial charge >= 0.3 is 69.7 Å². The second-order valence-electron chi connectivity index (χ2n) is 21.5. The van der Waals surface area contributed by atoms with Crippen LogP contribution in [0.4, 0.5) is 0 Å². The minimum atomic E-state index is -5.16. The van der Waals surface area contributed by atoms with Crippen molar-refractivity contribution >= 4 is 30.6 Å². The van der Waals surface area contributed by atoms with Gasteiger partial charge in [0.1, 0.15) is 38.9 Å². The van der Waals surface area contributed by atoms with Crippen LogP contribution in [0.3, 0.4) is 0 Å². The SMILES string of the molecule is O=S(=O)([O-])c1cc(S(=O)(=O)c2c[c-]c(Oc3ccc(C45CC6CC(CC(c7ccc(O)cc7)(C6)C4)C5)cc3)cc2)ccc1Oc1ccc(C23CC4CC(CC(c5ccc(O)cc5)(C4)C2)C3)cc1.O=S(=O)=O.[Na+].[Na+]. The first-order valence-electron chi connectivity index (χ1n) is 24.1. The molecule has 0 heterocycles. The van der Waals surface area contributed by atoms with Crippen LogP contribution < -0.4 is 68.6 Å². The van der Waals surface area contributed by atoms with E-state index in [1.807, 2.05) is 36.4 Å². The fraction of sp³-hybridized carbons (Fsp3) is 0.357. The van der Waals surface area contributed by atoms with Crippen molar-refractivity contribution in [3.05, 3.63) is 162 Å². The van der Waals surface area contributed by atoms with Gasteiger partial charge in [-0.3, -0.25) is 0 Å². The Labute approximate surface area is 472 Å². The van der Waals surface area contributed by atoms with Crippen LogP contribution >= 0.6 is 0 Å². The monoisotopic (exact) mass is 1060 g/mol. The van der Waals surface area contributed by atoms with Gasteiger partial charge in [0.25, 0.3) is 0 Å². The molecule has 6 aromatic rings. The van der Waals surface area contributed by atoms with E-state index in [0.29, 0.717) is 46.7 Å². The number of sulfone groups is 1. The van der Waals surface area contributed by atoms with Gasteiger partial charge in [-0.2, -0.15) is 12.1 Å². The van der Waals surface area contributed by atoms with Crippen molar-refractivity contribution in [2.24, 2.45) is 23.7 Å². The normalized spacial score (nSPS) is 28.2. The first-order chi connectivity index (χ1) is 33.8. The van der Waals surface area contributed by atoms with Gasteiger partial charge < -0.3 is 24.2 Å². The van der Waals surface area contributed by atoms with E-state index in [1.165, 1.54) is 91.1 Å². The third kappa shape index (κ3) is 10.4. The zero-order chi connectivity index (χ0) is 49.6. The van der Waals surface area contributed by atoms with Crippen LogP contribution in [0, 0.1) is 29.7 Å². The largest absolute Gasteiger partial charge is 1.00 e. The number of hydrogen-bond donors (Lipinski definition) is 2. The van der Waals surface area contributed by atoms with Crippen LogP contribution in [0.15, 0.2) is 148 Å². The molecule has 4 atom stereocenters. The molecule has 17 heteroatoms. The molecule has 12 nitrogen and oxygen atoms in total. The standard InChI is InChI=1S/C56H53O9S2.2Na.O3S/c57-44-9-1-40(2-10-44)53-26-36-23-37(27-53)31-55(30-36,34-53)42-5-13-46(14-6-42)64-47-17-19-49(20-18-47)66(59,60)50-21-22-51(52(25-50)67(61,62)63)65-48-15-7-43(8-16-48)56-32-38-24-39(33-56)29-54(28-38,35-56)41-3-11-45(58)12-4-41;;;1-4(2)3/h1-17,19-22,25,36-39,57-58H,23-24,26-35H2,(H,61,62,63);;;/q-1;2*+1;/p-1. The zero-order valence-corrected chi connectivity index (χ0v) is 47.1. The van der Waals surface area contributed by atoms with Gasteiger partial charge in [0.05, 0.1) is 9.79 Å². The third-order valence-electron chi connectivity index (χ3n) is 17.0. The molecule has 0 spiro atoms. The smallest absolute Gasteiger partial charge is 0.744 e. The third-order valence-corrected chi connectivity index (χ3v) is 19.6. The number of phenolic OH excluding ortho intramolecular Hbond substituents is 2. The molecule has 4 unspecified atom stereocenters. The van der Waals surface area contributed by atoms with E-state index >= 15 is 0 Å². The molecule has 0 aliphatic heterocycles. The van der Waals surface area contributed by atoms with E-state index in [1.54, 1.807) is 24.3 Å². The van der Waals surface area contributed by atoms with Gasteiger partial charge in [0, 0.05) is 5.75 Å². The number of benzene rings is 6. The quantitative estimate of drug-likeness (QED) is 0.102. The summed E-state index contributed by atoms with van der Waals surface area (Å²) in [6.07, 6.45) is 13.9. The Kier molecular flexibility index (Phi) is 14.9.